The minimum Gasteiger partial charge on any atom is -0.504 e. The average molecular weight is 555 g/mol. The number of phenolic OH excluding ortho intramolecular Hbond substituents is 1. The van der Waals surface area contributed by atoms with Crippen molar-refractivity contribution in [2.24, 2.45) is 0 Å². The number of benzene rings is 3. The number of carbonyl (C=O) groups is 2. The molecule has 0 spiro atoms. The molecule has 3 aromatic carbocycles. The predicted octanol–water partition coefficient (Wildman–Crippen LogP) is 5.73. The summed E-state index contributed by atoms with van der Waals surface area (Å²) in [5, 5.41) is 16.7. The summed E-state index contributed by atoms with van der Waals surface area (Å²) in [5.41, 5.74) is 5.71. The molecular weight excluding hydrogens is 520 g/mol. The fourth-order valence-corrected chi connectivity index (χ4v) is 5.79. The second-order valence-electron chi connectivity index (χ2n) is 10.3. The molecule has 0 radical (unpaired) electrons. The lowest BCUT2D eigenvalue weighted by Crippen LogP contribution is -2.37. The van der Waals surface area contributed by atoms with Crippen molar-refractivity contribution >= 4 is 17.4 Å². The maximum absolute atomic E-state index is 14.0. The number of hydrogen-bond acceptors (Lipinski definition) is 7. The van der Waals surface area contributed by atoms with E-state index in [2.05, 4.69) is 10.6 Å². The molecule has 0 unspecified atom stereocenters. The van der Waals surface area contributed by atoms with Crippen LogP contribution in [0.3, 0.4) is 0 Å². The summed E-state index contributed by atoms with van der Waals surface area (Å²) in [6, 6.07) is 18.2. The van der Waals surface area contributed by atoms with Crippen molar-refractivity contribution in [1.82, 2.24) is 5.32 Å². The summed E-state index contributed by atoms with van der Waals surface area (Å²) < 4.78 is 16.3. The van der Waals surface area contributed by atoms with Crippen LogP contribution >= 0.6 is 0 Å². The number of aryl methyl sites for hydroxylation is 1. The molecule has 2 aliphatic rings. The predicted molar refractivity (Wildman–Crippen MR) is 157 cm³/mol. The molecule has 3 aromatic rings. The van der Waals surface area contributed by atoms with E-state index in [4.69, 9.17) is 14.2 Å². The van der Waals surface area contributed by atoms with Gasteiger partial charge in [0.2, 0.25) is 0 Å². The number of para-hydroxylation sites is 1. The van der Waals surface area contributed by atoms with Gasteiger partial charge in [-0.2, -0.15) is 0 Å². The van der Waals surface area contributed by atoms with Crippen LogP contribution in [0.2, 0.25) is 0 Å². The van der Waals surface area contributed by atoms with Gasteiger partial charge >= 0.3 is 0 Å². The van der Waals surface area contributed by atoms with Gasteiger partial charge in [-0.05, 0) is 73.2 Å². The Kier molecular flexibility index (Phi) is 7.75. The fourth-order valence-electron chi connectivity index (χ4n) is 5.79. The largest absolute Gasteiger partial charge is 0.504 e. The number of anilines is 1. The van der Waals surface area contributed by atoms with Crippen molar-refractivity contribution < 1.29 is 28.9 Å². The van der Waals surface area contributed by atoms with Gasteiger partial charge in [-0.3, -0.25) is 9.59 Å². The van der Waals surface area contributed by atoms with Gasteiger partial charge in [-0.25, -0.2) is 0 Å². The van der Waals surface area contributed by atoms with Crippen molar-refractivity contribution in [3.05, 3.63) is 99.9 Å². The highest BCUT2D eigenvalue weighted by Gasteiger charge is 2.41. The SMILES string of the molecule is COc1cc([C@@H]2C(C(=O)Nc3ccccc3C)=C(C)NC3=C2C(=O)C[C@@H](c2ccc(OC)c(OC)c2)C3)ccc1O. The molecule has 2 atom stereocenters. The Morgan fingerprint density at radius 3 is 2.27 bits per heavy atom. The fraction of sp³-hybridized carbons (Fsp3) is 0.273. The third-order valence-corrected chi connectivity index (χ3v) is 7.88. The first-order valence-electron chi connectivity index (χ1n) is 13.5. The third-order valence-electron chi connectivity index (χ3n) is 7.88. The second kappa shape index (κ2) is 11.4. The molecule has 1 heterocycles. The van der Waals surface area contributed by atoms with E-state index in [9.17, 15) is 14.7 Å². The zero-order valence-electron chi connectivity index (χ0n) is 23.8. The molecule has 0 saturated heterocycles. The maximum atomic E-state index is 14.0. The number of dihydropyridines is 1. The molecule has 8 heteroatoms. The van der Waals surface area contributed by atoms with Gasteiger partial charge in [0, 0.05) is 40.6 Å². The van der Waals surface area contributed by atoms with Gasteiger partial charge in [0.1, 0.15) is 0 Å². The number of rotatable bonds is 7. The lowest BCUT2D eigenvalue weighted by molar-refractivity contribution is -0.116. The van der Waals surface area contributed by atoms with Crippen molar-refractivity contribution in [3.8, 4) is 23.0 Å². The molecule has 3 N–H and O–H groups in total. The quantitative estimate of drug-likeness (QED) is 0.343. The van der Waals surface area contributed by atoms with Crippen LogP contribution in [-0.4, -0.2) is 38.1 Å². The van der Waals surface area contributed by atoms with Crippen LogP contribution in [0.5, 0.6) is 23.0 Å². The minimum atomic E-state index is -0.649. The van der Waals surface area contributed by atoms with E-state index in [0.29, 0.717) is 46.0 Å². The monoisotopic (exact) mass is 554 g/mol. The first kappa shape index (κ1) is 27.8. The Morgan fingerprint density at radius 1 is 0.878 bits per heavy atom. The Morgan fingerprint density at radius 2 is 1.56 bits per heavy atom. The molecule has 0 bridgehead atoms. The number of Topliss-reactive ketones (excluding diaryl/α,β-unsaturated/α-hetero) is 1. The van der Waals surface area contributed by atoms with Crippen molar-refractivity contribution in [1.29, 1.82) is 0 Å². The molecule has 1 aliphatic heterocycles. The molecular formula is C33H34N2O6. The van der Waals surface area contributed by atoms with E-state index in [0.717, 1.165) is 16.8 Å². The van der Waals surface area contributed by atoms with Gasteiger partial charge < -0.3 is 30.0 Å². The number of aromatic hydroxyl groups is 1. The van der Waals surface area contributed by atoms with E-state index in [1.165, 1.54) is 13.2 Å². The molecule has 8 nitrogen and oxygen atoms in total. The van der Waals surface area contributed by atoms with Crippen LogP contribution in [-0.2, 0) is 9.59 Å². The van der Waals surface area contributed by atoms with Crippen LogP contribution in [0, 0.1) is 6.92 Å². The number of nitrogens with one attached hydrogen (secondary N) is 2. The van der Waals surface area contributed by atoms with Gasteiger partial charge in [-0.15, -0.1) is 0 Å². The van der Waals surface area contributed by atoms with Crippen molar-refractivity contribution in [2.75, 3.05) is 26.6 Å². The Hall–Kier alpha value is -4.72. The van der Waals surface area contributed by atoms with Gasteiger partial charge in [0.05, 0.1) is 21.3 Å². The number of methoxy groups -OCH3 is 3. The molecule has 0 saturated carbocycles. The molecule has 1 aliphatic carbocycles. The molecule has 1 amide bonds. The third kappa shape index (κ3) is 5.25. The van der Waals surface area contributed by atoms with Crippen LogP contribution in [0.25, 0.3) is 0 Å². The highest BCUT2D eigenvalue weighted by molar-refractivity contribution is 6.10. The summed E-state index contributed by atoms with van der Waals surface area (Å²) in [6.07, 6.45) is 0.847. The highest BCUT2D eigenvalue weighted by atomic mass is 16.5. The number of phenols is 1. The summed E-state index contributed by atoms with van der Waals surface area (Å²) in [6.45, 7) is 3.78. The van der Waals surface area contributed by atoms with E-state index in [1.54, 1.807) is 26.4 Å². The smallest absolute Gasteiger partial charge is 0.254 e. The van der Waals surface area contributed by atoms with Crippen LogP contribution < -0.4 is 24.8 Å². The molecule has 0 aromatic heterocycles. The topological polar surface area (TPSA) is 106 Å². The number of allylic oxidation sites excluding steroid dienone is 3. The van der Waals surface area contributed by atoms with Crippen LogP contribution in [0.15, 0.2) is 83.2 Å². The summed E-state index contributed by atoms with van der Waals surface area (Å²) in [5.74, 6) is 0.391. The number of amides is 1. The van der Waals surface area contributed by atoms with E-state index in [-0.39, 0.29) is 35.5 Å². The first-order chi connectivity index (χ1) is 19.7. The van der Waals surface area contributed by atoms with Gasteiger partial charge in [-0.1, -0.05) is 30.3 Å². The normalized spacial score (nSPS) is 18.4. The zero-order valence-corrected chi connectivity index (χ0v) is 23.8. The highest BCUT2D eigenvalue weighted by Crippen LogP contribution is 2.47. The minimum absolute atomic E-state index is 0.0190. The standard InChI is InChI=1S/C33H34N2O6/c1-18-8-6-7-9-23(18)35-33(38)30-19(2)34-24-14-22(20-11-13-27(39-3)29(16-20)41-5)15-26(37)32(24)31(30)21-10-12-25(36)28(17-21)40-4/h6-13,16-17,22,31,34,36H,14-15H2,1-5H3,(H,35,38)/t22-,31+/m0/s1. The van der Waals surface area contributed by atoms with E-state index >= 15 is 0 Å². The van der Waals surface area contributed by atoms with Crippen LogP contribution in [0.1, 0.15) is 48.3 Å². The lowest BCUT2D eigenvalue weighted by atomic mass is 9.71. The number of ether oxygens (including phenoxy) is 3. The first-order valence-corrected chi connectivity index (χ1v) is 13.5. The molecule has 0 fully saturated rings. The number of hydrogen-bond donors (Lipinski definition) is 3. The van der Waals surface area contributed by atoms with E-state index < -0.39 is 5.92 Å². The molecule has 5 rings (SSSR count). The average Bonchev–Trinajstić information content (AvgIpc) is 2.97. The van der Waals surface area contributed by atoms with Crippen molar-refractivity contribution in [3.63, 3.8) is 0 Å². The summed E-state index contributed by atoms with van der Waals surface area (Å²) in [7, 11) is 4.65. The summed E-state index contributed by atoms with van der Waals surface area (Å²) >= 11 is 0. The second-order valence-corrected chi connectivity index (χ2v) is 10.3. The number of carbonyl (C=O) groups excluding carboxylic acids is 2. The Labute approximate surface area is 239 Å². The van der Waals surface area contributed by atoms with Crippen molar-refractivity contribution in [2.45, 2.75) is 38.5 Å². The Balaban J connectivity index is 1.58. The van der Waals surface area contributed by atoms with E-state index in [1.807, 2.05) is 56.3 Å². The molecule has 212 valence electrons. The lowest BCUT2D eigenvalue weighted by Gasteiger charge is -2.37. The number of ketones is 1. The van der Waals surface area contributed by atoms with Gasteiger partial charge in [0.15, 0.2) is 28.8 Å². The van der Waals surface area contributed by atoms with Crippen LogP contribution in [0.4, 0.5) is 5.69 Å². The zero-order chi connectivity index (χ0) is 29.3. The summed E-state index contributed by atoms with van der Waals surface area (Å²) in [4.78, 5) is 27.9. The van der Waals surface area contributed by atoms with Gasteiger partial charge in [0.25, 0.3) is 5.91 Å². The maximum Gasteiger partial charge on any atom is 0.254 e. The molecule has 41 heavy (non-hydrogen) atoms. The Bertz CT molecular complexity index is 1590.